The monoisotopic (exact) mass is 297 g/mol. The molecule has 21 heavy (non-hydrogen) atoms. The van der Waals surface area contributed by atoms with Crippen LogP contribution in [-0.2, 0) is 16.1 Å². The molecule has 1 saturated carbocycles. The molecule has 0 spiro atoms. The molecule has 2 rings (SSSR count). The molecule has 6 heteroatoms. The zero-order valence-corrected chi connectivity index (χ0v) is 11.7. The van der Waals surface area contributed by atoms with E-state index in [9.17, 15) is 18.4 Å². The van der Waals surface area contributed by atoms with Crippen molar-refractivity contribution in [2.75, 3.05) is 7.05 Å². The Morgan fingerprint density at radius 2 is 1.90 bits per heavy atom. The summed E-state index contributed by atoms with van der Waals surface area (Å²) in [7, 11) is 1.58. The van der Waals surface area contributed by atoms with Crippen LogP contribution in [0.15, 0.2) is 18.2 Å². The van der Waals surface area contributed by atoms with Gasteiger partial charge in [-0.3, -0.25) is 9.59 Å². The average Bonchev–Trinajstić information content (AvgIpc) is 2.92. The number of carbonyl (C=O) groups excluding carboxylic acids is 1. The molecule has 1 aromatic carbocycles. The van der Waals surface area contributed by atoms with Gasteiger partial charge >= 0.3 is 5.97 Å². The molecule has 4 nitrogen and oxygen atoms in total. The van der Waals surface area contributed by atoms with Crippen LogP contribution in [0.2, 0.25) is 0 Å². The van der Waals surface area contributed by atoms with Crippen molar-refractivity contribution in [3.8, 4) is 0 Å². The second-order valence-corrected chi connectivity index (χ2v) is 5.49. The quantitative estimate of drug-likeness (QED) is 0.928. The number of hydrogen-bond acceptors (Lipinski definition) is 2. The number of carboxylic acids is 1. The summed E-state index contributed by atoms with van der Waals surface area (Å²) >= 11 is 0. The van der Waals surface area contributed by atoms with E-state index in [2.05, 4.69) is 0 Å². The fraction of sp³-hybridized carbons (Fsp3) is 0.467. The van der Waals surface area contributed by atoms with Gasteiger partial charge in [0.05, 0.1) is 5.92 Å². The third-order valence-corrected chi connectivity index (χ3v) is 3.91. The molecule has 0 aliphatic heterocycles. The van der Waals surface area contributed by atoms with Gasteiger partial charge in [0.1, 0.15) is 0 Å². The summed E-state index contributed by atoms with van der Waals surface area (Å²) in [5.74, 6) is -3.65. The van der Waals surface area contributed by atoms with Crippen molar-refractivity contribution in [2.45, 2.75) is 25.8 Å². The van der Waals surface area contributed by atoms with Crippen molar-refractivity contribution in [2.24, 2.45) is 11.8 Å². The van der Waals surface area contributed by atoms with Crippen molar-refractivity contribution in [1.29, 1.82) is 0 Å². The highest BCUT2D eigenvalue weighted by atomic mass is 19.2. The van der Waals surface area contributed by atoms with Crippen molar-refractivity contribution in [3.63, 3.8) is 0 Å². The van der Waals surface area contributed by atoms with Gasteiger partial charge in [0.15, 0.2) is 11.6 Å². The van der Waals surface area contributed by atoms with Gasteiger partial charge in [-0.05, 0) is 37.0 Å². The number of halogens is 2. The highest BCUT2D eigenvalue weighted by Crippen LogP contribution is 2.32. The third-order valence-electron chi connectivity index (χ3n) is 3.91. The van der Waals surface area contributed by atoms with E-state index in [4.69, 9.17) is 5.11 Å². The summed E-state index contributed by atoms with van der Waals surface area (Å²) in [6, 6.07) is 3.52. The van der Waals surface area contributed by atoms with E-state index in [1.807, 2.05) is 0 Å². The Morgan fingerprint density at radius 3 is 2.48 bits per heavy atom. The zero-order chi connectivity index (χ0) is 15.6. The molecule has 2 atom stereocenters. The number of carboxylic acid groups (broad SMARTS) is 1. The van der Waals surface area contributed by atoms with Crippen LogP contribution in [0.5, 0.6) is 0 Å². The van der Waals surface area contributed by atoms with E-state index in [1.54, 1.807) is 7.05 Å². The normalized spacial score (nSPS) is 21.3. The van der Waals surface area contributed by atoms with Crippen LogP contribution in [0.25, 0.3) is 0 Å². The van der Waals surface area contributed by atoms with Gasteiger partial charge in [-0.1, -0.05) is 6.07 Å². The SMILES string of the molecule is CN(Cc1ccc(F)c(F)c1)C(=O)[C@@H]1CC[C@H](C(=O)O)C1. The third kappa shape index (κ3) is 3.56. The van der Waals surface area contributed by atoms with E-state index in [-0.39, 0.29) is 18.4 Å². The molecule has 114 valence electrons. The van der Waals surface area contributed by atoms with Crippen molar-refractivity contribution < 1.29 is 23.5 Å². The summed E-state index contributed by atoms with van der Waals surface area (Å²) < 4.78 is 26.0. The lowest BCUT2D eigenvalue weighted by atomic mass is 10.0. The molecule has 1 aliphatic carbocycles. The predicted octanol–water partition coefficient (Wildman–Crippen LogP) is 2.42. The fourth-order valence-electron chi connectivity index (χ4n) is 2.73. The fourth-order valence-corrected chi connectivity index (χ4v) is 2.73. The molecule has 1 aliphatic rings. The van der Waals surface area contributed by atoms with Gasteiger partial charge in [-0.25, -0.2) is 8.78 Å². The van der Waals surface area contributed by atoms with Crippen LogP contribution in [0.1, 0.15) is 24.8 Å². The molecular weight excluding hydrogens is 280 g/mol. The molecule has 1 amide bonds. The second kappa shape index (κ2) is 6.20. The number of benzene rings is 1. The highest BCUT2D eigenvalue weighted by molar-refractivity contribution is 5.80. The molecule has 0 bridgehead atoms. The van der Waals surface area contributed by atoms with Gasteiger partial charge in [0.2, 0.25) is 5.91 Å². The maximum absolute atomic E-state index is 13.1. The number of aliphatic carboxylic acids is 1. The van der Waals surface area contributed by atoms with E-state index >= 15 is 0 Å². The first-order valence-electron chi connectivity index (χ1n) is 6.80. The lowest BCUT2D eigenvalue weighted by Gasteiger charge is -2.21. The Kier molecular flexibility index (Phi) is 4.55. The van der Waals surface area contributed by atoms with Crippen LogP contribution in [-0.4, -0.2) is 28.9 Å². The largest absolute Gasteiger partial charge is 0.481 e. The summed E-state index contributed by atoms with van der Waals surface area (Å²) in [4.78, 5) is 24.6. The standard InChI is InChI=1S/C15H17F2NO3/c1-18(8-9-2-5-12(16)13(17)6-9)14(19)10-3-4-11(7-10)15(20)21/h2,5-6,10-11H,3-4,7-8H2,1H3,(H,20,21)/t10-,11+/m1/s1. The Hall–Kier alpha value is -1.98. The van der Waals surface area contributed by atoms with Gasteiger partial charge in [-0.2, -0.15) is 0 Å². The Bertz CT molecular complexity index is 562. The van der Waals surface area contributed by atoms with E-state index in [1.165, 1.54) is 11.0 Å². The number of hydrogen-bond donors (Lipinski definition) is 1. The Morgan fingerprint density at radius 1 is 1.24 bits per heavy atom. The van der Waals surface area contributed by atoms with E-state index < -0.39 is 23.5 Å². The number of carbonyl (C=O) groups is 2. The molecule has 1 aromatic rings. The molecule has 0 heterocycles. The smallest absolute Gasteiger partial charge is 0.306 e. The summed E-state index contributed by atoms with van der Waals surface area (Å²) in [6.45, 7) is 0.171. The van der Waals surface area contributed by atoms with Crippen molar-refractivity contribution in [3.05, 3.63) is 35.4 Å². The van der Waals surface area contributed by atoms with Crippen LogP contribution >= 0.6 is 0 Å². The molecular formula is C15H17F2NO3. The lowest BCUT2D eigenvalue weighted by molar-refractivity contribution is -0.141. The first-order chi connectivity index (χ1) is 9.88. The maximum Gasteiger partial charge on any atom is 0.306 e. The van der Waals surface area contributed by atoms with Crippen LogP contribution in [0.4, 0.5) is 8.78 Å². The molecule has 1 fully saturated rings. The number of rotatable bonds is 4. The van der Waals surface area contributed by atoms with E-state index in [0.29, 0.717) is 24.8 Å². The second-order valence-electron chi connectivity index (χ2n) is 5.49. The minimum atomic E-state index is -0.944. The van der Waals surface area contributed by atoms with Crippen LogP contribution < -0.4 is 0 Å². The Labute approximate surface area is 121 Å². The van der Waals surface area contributed by atoms with Gasteiger partial charge < -0.3 is 10.0 Å². The predicted molar refractivity (Wildman–Crippen MR) is 71.3 cm³/mol. The molecule has 0 radical (unpaired) electrons. The minimum Gasteiger partial charge on any atom is -0.481 e. The maximum atomic E-state index is 13.1. The minimum absolute atomic E-state index is 0.150. The first-order valence-corrected chi connectivity index (χ1v) is 6.80. The lowest BCUT2D eigenvalue weighted by Crippen LogP contribution is -2.31. The topological polar surface area (TPSA) is 57.6 Å². The molecule has 0 unspecified atom stereocenters. The summed E-state index contributed by atoms with van der Waals surface area (Å²) in [6.07, 6.45) is 1.40. The number of amides is 1. The van der Waals surface area contributed by atoms with Gasteiger partial charge in [0.25, 0.3) is 0 Å². The van der Waals surface area contributed by atoms with Crippen LogP contribution in [0.3, 0.4) is 0 Å². The average molecular weight is 297 g/mol. The summed E-state index contributed by atoms with van der Waals surface area (Å²) in [5.41, 5.74) is 0.498. The van der Waals surface area contributed by atoms with Crippen molar-refractivity contribution in [1.82, 2.24) is 4.90 Å². The molecule has 1 N–H and O–H groups in total. The highest BCUT2D eigenvalue weighted by Gasteiger charge is 2.35. The first kappa shape index (κ1) is 15.4. The van der Waals surface area contributed by atoms with Gasteiger partial charge in [-0.15, -0.1) is 0 Å². The Balaban J connectivity index is 1.96. The van der Waals surface area contributed by atoms with Crippen LogP contribution in [0, 0.1) is 23.5 Å². The van der Waals surface area contributed by atoms with Gasteiger partial charge in [0, 0.05) is 19.5 Å². The summed E-state index contributed by atoms with van der Waals surface area (Å²) in [5, 5.41) is 8.94. The van der Waals surface area contributed by atoms with Crippen molar-refractivity contribution >= 4 is 11.9 Å². The number of nitrogens with zero attached hydrogens (tertiary/aromatic N) is 1. The molecule has 0 saturated heterocycles. The molecule has 0 aromatic heterocycles. The van der Waals surface area contributed by atoms with E-state index in [0.717, 1.165) is 12.1 Å². The zero-order valence-electron chi connectivity index (χ0n) is 11.7.